The third-order valence-corrected chi connectivity index (χ3v) is 4.05. The van der Waals surface area contributed by atoms with Gasteiger partial charge in [0.1, 0.15) is 0 Å². The summed E-state index contributed by atoms with van der Waals surface area (Å²) in [5.41, 5.74) is 10.8. The molecule has 0 aliphatic carbocycles. The van der Waals surface area contributed by atoms with Gasteiger partial charge in [-0.3, -0.25) is 4.79 Å². The third kappa shape index (κ3) is 3.57. The van der Waals surface area contributed by atoms with Crippen LogP contribution >= 0.6 is 0 Å². The van der Waals surface area contributed by atoms with Gasteiger partial charge in [-0.15, -0.1) is 5.10 Å². The van der Waals surface area contributed by atoms with Crippen molar-refractivity contribution >= 4 is 34.6 Å². The van der Waals surface area contributed by atoms with Gasteiger partial charge in [-0.2, -0.15) is 4.98 Å². The summed E-state index contributed by atoms with van der Waals surface area (Å²) in [4.78, 5) is 15.7. The Hall–Kier alpha value is -3.87. The highest BCUT2D eigenvalue weighted by atomic mass is 16.1. The van der Waals surface area contributed by atoms with E-state index in [1.165, 1.54) is 6.92 Å². The number of rotatable bonds is 4. The number of nitrogen functional groups attached to an aromatic ring is 1. The number of fused-ring (bicyclic) bond motifs is 1. The number of nitrogens with one attached hydrogen (secondary N) is 2. The van der Waals surface area contributed by atoms with Crippen LogP contribution in [-0.4, -0.2) is 20.5 Å². The van der Waals surface area contributed by atoms with Crippen LogP contribution in [0.2, 0.25) is 0 Å². The molecule has 0 spiro atoms. The number of benzene rings is 2. The molecule has 0 unspecified atom stereocenters. The number of anilines is 4. The first-order chi connectivity index (χ1) is 13.1. The fourth-order valence-electron chi connectivity index (χ4n) is 2.82. The summed E-state index contributed by atoms with van der Waals surface area (Å²) in [5, 5.41) is 10.4. The fraction of sp³-hybridized carbons (Fsp3) is 0.0500. The van der Waals surface area contributed by atoms with Gasteiger partial charge in [-0.25, -0.2) is 4.52 Å². The molecule has 4 aromatic rings. The summed E-state index contributed by atoms with van der Waals surface area (Å²) >= 11 is 0. The average Bonchev–Trinajstić information content (AvgIpc) is 3.06. The molecule has 4 N–H and O–H groups in total. The van der Waals surface area contributed by atoms with Crippen LogP contribution in [0.5, 0.6) is 0 Å². The summed E-state index contributed by atoms with van der Waals surface area (Å²) in [6.45, 7) is 1.48. The molecule has 0 bridgehead atoms. The minimum absolute atomic E-state index is 0.104. The standard InChI is InChI=1S/C20H18N6O/c1-13(27)22-16-8-10-17(11-9-16)23-20-24-19-18(3-2-12-26(19)25-20)14-4-6-15(21)7-5-14/h2-12H,21H2,1H3,(H,22,27)(H,23,25). The number of nitrogens with zero attached hydrogens (tertiary/aromatic N) is 3. The van der Waals surface area contributed by atoms with Crippen molar-refractivity contribution in [3.05, 3.63) is 66.9 Å². The van der Waals surface area contributed by atoms with Crippen LogP contribution in [0.1, 0.15) is 6.92 Å². The van der Waals surface area contributed by atoms with Crippen molar-refractivity contribution in [2.75, 3.05) is 16.4 Å². The van der Waals surface area contributed by atoms with Gasteiger partial charge in [0, 0.05) is 35.7 Å². The molecule has 0 aliphatic rings. The van der Waals surface area contributed by atoms with E-state index in [1.54, 1.807) is 4.52 Å². The van der Waals surface area contributed by atoms with Gasteiger partial charge >= 0.3 is 0 Å². The van der Waals surface area contributed by atoms with E-state index in [4.69, 9.17) is 5.73 Å². The van der Waals surface area contributed by atoms with Crippen LogP contribution in [0.25, 0.3) is 16.8 Å². The quantitative estimate of drug-likeness (QED) is 0.484. The zero-order chi connectivity index (χ0) is 18.8. The minimum Gasteiger partial charge on any atom is -0.399 e. The van der Waals surface area contributed by atoms with E-state index in [2.05, 4.69) is 20.7 Å². The largest absolute Gasteiger partial charge is 0.399 e. The van der Waals surface area contributed by atoms with E-state index in [0.29, 0.717) is 5.95 Å². The molecule has 2 aromatic heterocycles. The predicted molar refractivity (Wildman–Crippen MR) is 107 cm³/mol. The Morgan fingerprint density at radius 3 is 2.41 bits per heavy atom. The molecule has 7 nitrogen and oxygen atoms in total. The number of carbonyl (C=O) groups is 1. The summed E-state index contributed by atoms with van der Waals surface area (Å²) in [6.07, 6.45) is 1.86. The van der Waals surface area contributed by atoms with Crippen molar-refractivity contribution in [1.82, 2.24) is 14.6 Å². The van der Waals surface area contributed by atoms with Crippen molar-refractivity contribution < 1.29 is 4.79 Å². The maximum Gasteiger partial charge on any atom is 0.247 e. The van der Waals surface area contributed by atoms with Crippen molar-refractivity contribution in [3.8, 4) is 11.1 Å². The maximum absolute atomic E-state index is 11.1. The number of hydrogen-bond acceptors (Lipinski definition) is 5. The summed E-state index contributed by atoms with van der Waals surface area (Å²) in [6, 6.07) is 19.0. The Kier molecular flexibility index (Phi) is 4.18. The second-order valence-corrected chi connectivity index (χ2v) is 6.13. The number of hydrogen-bond donors (Lipinski definition) is 3. The Balaban J connectivity index is 1.63. The van der Waals surface area contributed by atoms with Crippen molar-refractivity contribution in [1.29, 1.82) is 0 Å². The van der Waals surface area contributed by atoms with Gasteiger partial charge in [0.05, 0.1) is 0 Å². The number of amides is 1. The van der Waals surface area contributed by atoms with Gasteiger partial charge in [0.25, 0.3) is 0 Å². The molecule has 7 heteroatoms. The lowest BCUT2D eigenvalue weighted by atomic mass is 10.1. The van der Waals surface area contributed by atoms with E-state index in [1.807, 2.05) is 66.9 Å². The van der Waals surface area contributed by atoms with Crippen LogP contribution in [0.15, 0.2) is 66.9 Å². The fourth-order valence-corrected chi connectivity index (χ4v) is 2.82. The van der Waals surface area contributed by atoms with Crippen molar-refractivity contribution in [2.45, 2.75) is 6.92 Å². The first-order valence-corrected chi connectivity index (χ1v) is 8.44. The van der Waals surface area contributed by atoms with Gasteiger partial charge < -0.3 is 16.4 Å². The van der Waals surface area contributed by atoms with E-state index >= 15 is 0 Å². The minimum atomic E-state index is -0.104. The molecular weight excluding hydrogens is 340 g/mol. The molecule has 2 heterocycles. The first kappa shape index (κ1) is 16.6. The van der Waals surface area contributed by atoms with Gasteiger partial charge in [-0.1, -0.05) is 12.1 Å². The Morgan fingerprint density at radius 1 is 1.00 bits per heavy atom. The molecule has 4 rings (SSSR count). The van der Waals surface area contributed by atoms with E-state index in [0.717, 1.165) is 33.8 Å². The summed E-state index contributed by atoms with van der Waals surface area (Å²) in [5.74, 6) is 0.387. The lowest BCUT2D eigenvalue weighted by Gasteiger charge is -2.04. The van der Waals surface area contributed by atoms with Crippen molar-refractivity contribution in [3.63, 3.8) is 0 Å². The SMILES string of the molecule is CC(=O)Nc1ccc(Nc2nc3c(-c4ccc(N)cc4)cccn3n2)cc1. The number of aromatic nitrogens is 3. The molecule has 2 aromatic carbocycles. The van der Waals surface area contributed by atoms with Gasteiger partial charge in [0.2, 0.25) is 11.9 Å². The monoisotopic (exact) mass is 358 g/mol. The lowest BCUT2D eigenvalue weighted by molar-refractivity contribution is -0.114. The van der Waals surface area contributed by atoms with Crippen LogP contribution < -0.4 is 16.4 Å². The number of pyridine rings is 1. The highest BCUT2D eigenvalue weighted by molar-refractivity contribution is 5.88. The molecule has 0 aliphatic heterocycles. The molecule has 0 saturated carbocycles. The van der Waals surface area contributed by atoms with Crippen LogP contribution in [0.3, 0.4) is 0 Å². The average molecular weight is 358 g/mol. The Bertz CT molecular complexity index is 1100. The van der Waals surface area contributed by atoms with E-state index < -0.39 is 0 Å². The smallest absolute Gasteiger partial charge is 0.247 e. The lowest BCUT2D eigenvalue weighted by Crippen LogP contribution is -2.05. The number of nitrogens with two attached hydrogens (primary N) is 1. The maximum atomic E-state index is 11.1. The first-order valence-electron chi connectivity index (χ1n) is 8.44. The molecular formula is C20H18N6O. The molecule has 27 heavy (non-hydrogen) atoms. The van der Waals surface area contributed by atoms with Gasteiger partial charge in [-0.05, 0) is 54.1 Å². The molecule has 0 radical (unpaired) electrons. The normalized spacial score (nSPS) is 10.7. The molecule has 134 valence electrons. The summed E-state index contributed by atoms with van der Waals surface area (Å²) in [7, 11) is 0. The number of carbonyl (C=O) groups excluding carboxylic acids is 1. The highest BCUT2D eigenvalue weighted by Gasteiger charge is 2.10. The second kappa shape index (κ2) is 6.80. The highest BCUT2D eigenvalue weighted by Crippen LogP contribution is 2.26. The predicted octanol–water partition coefficient (Wildman–Crippen LogP) is 3.68. The molecule has 1 amide bonds. The van der Waals surface area contributed by atoms with Crippen molar-refractivity contribution in [2.24, 2.45) is 0 Å². The summed E-state index contributed by atoms with van der Waals surface area (Å²) < 4.78 is 1.74. The topological polar surface area (TPSA) is 97.3 Å². The van der Waals surface area contributed by atoms with Crippen LogP contribution in [0.4, 0.5) is 23.0 Å². The third-order valence-electron chi connectivity index (χ3n) is 4.05. The Morgan fingerprint density at radius 2 is 1.70 bits per heavy atom. The van der Waals surface area contributed by atoms with E-state index in [9.17, 15) is 4.79 Å². The Labute approximate surface area is 155 Å². The zero-order valence-electron chi connectivity index (χ0n) is 14.7. The molecule has 0 fully saturated rings. The van der Waals surface area contributed by atoms with Gasteiger partial charge in [0.15, 0.2) is 5.65 Å². The van der Waals surface area contributed by atoms with E-state index in [-0.39, 0.29) is 5.91 Å². The zero-order valence-corrected chi connectivity index (χ0v) is 14.7. The van der Waals surface area contributed by atoms with Crippen LogP contribution in [-0.2, 0) is 4.79 Å². The molecule has 0 atom stereocenters. The van der Waals surface area contributed by atoms with Crippen LogP contribution in [0, 0.1) is 0 Å². The second-order valence-electron chi connectivity index (χ2n) is 6.13. The molecule has 0 saturated heterocycles.